The molecule has 0 radical (unpaired) electrons. The van der Waals surface area contributed by atoms with Crippen molar-refractivity contribution in [2.75, 3.05) is 7.11 Å². The number of carbonyl (C=O) groups excluding carboxylic acids is 1. The molecule has 6 heteroatoms. The molecule has 0 saturated heterocycles. The predicted molar refractivity (Wildman–Crippen MR) is 65.5 cm³/mol. The fourth-order valence-electron chi connectivity index (χ4n) is 1.74. The lowest BCUT2D eigenvalue weighted by Crippen LogP contribution is -2.47. The van der Waals surface area contributed by atoms with E-state index in [2.05, 4.69) is 10.3 Å². The van der Waals surface area contributed by atoms with Crippen molar-refractivity contribution in [1.82, 2.24) is 10.3 Å². The largest absolute Gasteiger partial charge is 0.381 e. The van der Waals surface area contributed by atoms with E-state index >= 15 is 0 Å². The lowest BCUT2D eigenvalue weighted by atomic mass is 9.89. The maximum absolute atomic E-state index is 11.9. The Morgan fingerprint density at radius 3 is 2.53 bits per heavy atom. The zero-order valence-electron chi connectivity index (χ0n) is 9.24. The number of aromatic nitrogens is 1. The summed E-state index contributed by atoms with van der Waals surface area (Å²) in [6.45, 7) is 0. The van der Waals surface area contributed by atoms with Gasteiger partial charge in [-0.1, -0.05) is 23.2 Å². The normalized spacial score (nSPS) is 23.0. The average Bonchev–Trinajstić information content (AvgIpc) is 2.21. The summed E-state index contributed by atoms with van der Waals surface area (Å²) in [5, 5.41) is 3.32. The van der Waals surface area contributed by atoms with E-state index in [1.165, 1.54) is 12.1 Å². The molecule has 1 aromatic heterocycles. The van der Waals surface area contributed by atoms with E-state index in [1.807, 2.05) is 0 Å². The van der Waals surface area contributed by atoms with Crippen LogP contribution in [0.1, 0.15) is 23.2 Å². The number of carbonyl (C=O) groups is 1. The number of nitrogens with one attached hydrogen (secondary N) is 1. The summed E-state index contributed by atoms with van der Waals surface area (Å²) in [6, 6.07) is 3.16. The van der Waals surface area contributed by atoms with Crippen LogP contribution in [0.25, 0.3) is 0 Å². The molecule has 4 nitrogen and oxygen atoms in total. The fourth-order valence-corrected chi connectivity index (χ4v) is 2.20. The molecule has 1 aliphatic carbocycles. The van der Waals surface area contributed by atoms with E-state index in [-0.39, 0.29) is 28.4 Å². The van der Waals surface area contributed by atoms with E-state index in [9.17, 15) is 4.79 Å². The zero-order valence-corrected chi connectivity index (χ0v) is 10.8. The van der Waals surface area contributed by atoms with Crippen LogP contribution in [0, 0.1) is 0 Å². The van der Waals surface area contributed by atoms with Crippen LogP contribution in [-0.4, -0.2) is 30.1 Å². The molecule has 17 heavy (non-hydrogen) atoms. The number of halogens is 2. The number of amides is 1. The summed E-state index contributed by atoms with van der Waals surface area (Å²) in [5.74, 6) is -0.184. The molecular formula is C11H12Cl2N2O2. The molecule has 92 valence electrons. The van der Waals surface area contributed by atoms with Gasteiger partial charge in [0.15, 0.2) is 0 Å². The molecule has 0 spiro atoms. The minimum atomic E-state index is -0.184. The number of hydrogen-bond donors (Lipinski definition) is 1. The Morgan fingerprint density at radius 1 is 1.41 bits per heavy atom. The standard InChI is InChI=1S/C11H12Cl2N2O2/c1-17-8-4-7(5-8)14-11(16)6-2-9(12)15-10(13)3-6/h2-3,7-8H,4-5H2,1H3,(H,14,16). The van der Waals surface area contributed by atoms with Crippen LogP contribution in [0.15, 0.2) is 12.1 Å². The van der Waals surface area contributed by atoms with E-state index < -0.39 is 0 Å². The third-order valence-electron chi connectivity index (χ3n) is 2.79. The Balaban J connectivity index is 1.96. The molecule has 1 fully saturated rings. The lowest BCUT2D eigenvalue weighted by Gasteiger charge is -2.34. The van der Waals surface area contributed by atoms with Crippen molar-refractivity contribution in [3.8, 4) is 0 Å². The van der Waals surface area contributed by atoms with Crippen LogP contribution in [0.5, 0.6) is 0 Å². The second kappa shape index (κ2) is 5.21. The number of pyridine rings is 1. The van der Waals surface area contributed by atoms with E-state index in [1.54, 1.807) is 7.11 Å². The first kappa shape index (κ1) is 12.6. The average molecular weight is 275 g/mol. The molecule has 1 amide bonds. The summed E-state index contributed by atoms with van der Waals surface area (Å²) in [6.07, 6.45) is 1.94. The van der Waals surface area contributed by atoms with Crippen LogP contribution in [0.2, 0.25) is 10.3 Å². The van der Waals surface area contributed by atoms with Crippen molar-refractivity contribution >= 4 is 29.1 Å². The van der Waals surface area contributed by atoms with Crippen LogP contribution in [0.3, 0.4) is 0 Å². The zero-order chi connectivity index (χ0) is 12.4. The molecule has 0 unspecified atom stereocenters. The van der Waals surface area contributed by atoms with Crippen molar-refractivity contribution < 1.29 is 9.53 Å². The highest BCUT2D eigenvalue weighted by molar-refractivity contribution is 6.33. The lowest BCUT2D eigenvalue weighted by molar-refractivity contribution is 0.0176. The third-order valence-corrected chi connectivity index (χ3v) is 3.18. The molecule has 2 rings (SSSR count). The quantitative estimate of drug-likeness (QED) is 0.861. The van der Waals surface area contributed by atoms with Gasteiger partial charge in [-0.2, -0.15) is 0 Å². The summed E-state index contributed by atoms with van der Waals surface area (Å²) in [5.41, 5.74) is 0.427. The number of ether oxygens (including phenoxy) is 1. The van der Waals surface area contributed by atoms with E-state index in [4.69, 9.17) is 27.9 Å². The first-order valence-electron chi connectivity index (χ1n) is 5.25. The van der Waals surface area contributed by atoms with Crippen molar-refractivity contribution in [3.63, 3.8) is 0 Å². The molecule has 1 aromatic rings. The minimum Gasteiger partial charge on any atom is -0.381 e. The highest BCUT2D eigenvalue weighted by Gasteiger charge is 2.30. The van der Waals surface area contributed by atoms with Crippen LogP contribution in [0.4, 0.5) is 0 Å². The topological polar surface area (TPSA) is 51.2 Å². The maximum atomic E-state index is 11.9. The molecule has 1 saturated carbocycles. The summed E-state index contributed by atoms with van der Waals surface area (Å²) < 4.78 is 5.14. The van der Waals surface area contributed by atoms with E-state index in [0.29, 0.717) is 5.56 Å². The SMILES string of the molecule is COC1CC(NC(=O)c2cc(Cl)nc(Cl)c2)C1. The van der Waals surface area contributed by atoms with Gasteiger partial charge in [-0.05, 0) is 25.0 Å². The van der Waals surface area contributed by atoms with Gasteiger partial charge in [-0.15, -0.1) is 0 Å². The van der Waals surface area contributed by atoms with Gasteiger partial charge in [0.25, 0.3) is 5.91 Å². The maximum Gasteiger partial charge on any atom is 0.251 e. The van der Waals surface area contributed by atoms with Gasteiger partial charge in [0.2, 0.25) is 0 Å². The molecule has 1 aliphatic rings. The monoisotopic (exact) mass is 274 g/mol. The number of nitrogens with zero attached hydrogens (tertiary/aromatic N) is 1. The third kappa shape index (κ3) is 3.09. The molecule has 1 heterocycles. The second-order valence-corrected chi connectivity index (χ2v) is 4.78. The summed E-state index contributed by atoms with van der Waals surface area (Å²) in [7, 11) is 1.67. The number of rotatable bonds is 3. The molecule has 0 bridgehead atoms. The Labute approximate surface area is 109 Å². The molecule has 0 atom stereocenters. The van der Waals surface area contributed by atoms with Crippen LogP contribution >= 0.6 is 23.2 Å². The van der Waals surface area contributed by atoms with Gasteiger partial charge in [-0.3, -0.25) is 4.79 Å². The highest BCUT2D eigenvalue weighted by Crippen LogP contribution is 2.23. The Morgan fingerprint density at radius 2 is 2.00 bits per heavy atom. The minimum absolute atomic E-state index is 0.165. The first-order valence-corrected chi connectivity index (χ1v) is 6.01. The Hall–Kier alpha value is -0.840. The highest BCUT2D eigenvalue weighted by atomic mass is 35.5. The summed E-state index contributed by atoms with van der Waals surface area (Å²) >= 11 is 11.5. The van der Waals surface area contributed by atoms with Gasteiger partial charge in [-0.25, -0.2) is 4.98 Å². The predicted octanol–water partition coefficient (Wildman–Crippen LogP) is 2.30. The Bertz CT molecular complexity index is 413. The molecule has 1 N–H and O–H groups in total. The van der Waals surface area contributed by atoms with Gasteiger partial charge < -0.3 is 10.1 Å². The van der Waals surface area contributed by atoms with Gasteiger partial charge in [0, 0.05) is 18.7 Å². The number of methoxy groups -OCH3 is 1. The van der Waals surface area contributed by atoms with Gasteiger partial charge >= 0.3 is 0 Å². The van der Waals surface area contributed by atoms with E-state index in [0.717, 1.165) is 12.8 Å². The van der Waals surface area contributed by atoms with Crippen molar-refractivity contribution in [2.45, 2.75) is 25.0 Å². The smallest absolute Gasteiger partial charge is 0.251 e. The molecule has 0 aromatic carbocycles. The van der Waals surface area contributed by atoms with Gasteiger partial charge in [0.05, 0.1) is 6.10 Å². The van der Waals surface area contributed by atoms with Crippen molar-refractivity contribution in [3.05, 3.63) is 28.0 Å². The van der Waals surface area contributed by atoms with Crippen molar-refractivity contribution in [2.24, 2.45) is 0 Å². The van der Waals surface area contributed by atoms with Crippen molar-refractivity contribution in [1.29, 1.82) is 0 Å². The first-order chi connectivity index (χ1) is 8.08. The van der Waals surface area contributed by atoms with Gasteiger partial charge in [0.1, 0.15) is 10.3 Å². The summed E-state index contributed by atoms with van der Waals surface area (Å²) in [4.78, 5) is 15.6. The fraction of sp³-hybridized carbons (Fsp3) is 0.455. The molecular weight excluding hydrogens is 263 g/mol. The second-order valence-electron chi connectivity index (χ2n) is 4.00. The van der Waals surface area contributed by atoms with Crippen LogP contribution in [-0.2, 0) is 4.74 Å². The number of hydrogen-bond acceptors (Lipinski definition) is 3. The molecule has 0 aliphatic heterocycles. The van der Waals surface area contributed by atoms with Crippen LogP contribution < -0.4 is 5.32 Å². The Kier molecular flexibility index (Phi) is 3.86.